The molecule has 4 rings (SSSR count). The zero-order valence-corrected chi connectivity index (χ0v) is 28.0. The Morgan fingerprint density at radius 1 is 1.10 bits per heavy atom. The Hall–Kier alpha value is -3.67. The van der Waals surface area contributed by atoms with Crippen LogP contribution in [0.2, 0.25) is 0 Å². The fourth-order valence-electron chi connectivity index (χ4n) is 7.12. The zero-order valence-electron chi connectivity index (χ0n) is 28.0. The molecular formula is C36H48F3N3O6. The summed E-state index contributed by atoms with van der Waals surface area (Å²) < 4.78 is 47.3. The molecule has 4 unspecified atom stereocenters. The maximum Gasteiger partial charge on any atom is 0.418 e. The number of halogens is 3. The number of hydrogen-bond acceptors (Lipinski definition) is 6. The van der Waals surface area contributed by atoms with Gasteiger partial charge in [-0.25, -0.2) is 0 Å². The minimum absolute atomic E-state index is 0.121. The van der Waals surface area contributed by atoms with Crippen LogP contribution in [0.4, 0.5) is 13.2 Å². The summed E-state index contributed by atoms with van der Waals surface area (Å²) in [6.07, 6.45) is 1.94. The monoisotopic (exact) mass is 675 g/mol. The third kappa shape index (κ3) is 8.30. The molecule has 2 aromatic rings. The average molecular weight is 676 g/mol. The number of aromatic nitrogens is 1. The van der Waals surface area contributed by atoms with E-state index in [1.165, 1.54) is 4.90 Å². The van der Waals surface area contributed by atoms with Gasteiger partial charge < -0.3 is 25.2 Å². The molecule has 12 heteroatoms. The summed E-state index contributed by atoms with van der Waals surface area (Å²) in [6.45, 7) is 5.97. The number of carboxylic acids is 1. The van der Waals surface area contributed by atoms with Crippen LogP contribution in [0, 0.1) is 11.3 Å². The van der Waals surface area contributed by atoms with Crippen molar-refractivity contribution >= 4 is 17.8 Å². The van der Waals surface area contributed by atoms with Crippen LogP contribution in [0.25, 0.3) is 0 Å². The number of aliphatic hydroxyl groups is 1. The zero-order chi connectivity index (χ0) is 35.1. The van der Waals surface area contributed by atoms with Crippen molar-refractivity contribution < 1.29 is 42.5 Å². The third-order valence-electron chi connectivity index (χ3n) is 10.2. The molecule has 2 heterocycles. The summed E-state index contributed by atoms with van der Waals surface area (Å²) in [5.41, 5.74) is -3.22. The molecule has 0 bridgehead atoms. The molecule has 9 nitrogen and oxygen atoms in total. The number of carbonyl (C=O) groups is 3. The van der Waals surface area contributed by atoms with E-state index in [4.69, 9.17) is 4.74 Å². The molecule has 2 aliphatic rings. The van der Waals surface area contributed by atoms with Crippen LogP contribution in [0.5, 0.6) is 5.75 Å². The van der Waals surface area contributed by atoms with Gasteiger partial charge in [-0.2, -0.15) is 13.2 Å². The van der Waals surface area contributed by atoms with Crippen LogP contribution in [0.1, 0.15) is 113 Å². The first-order chi connectivity index (χ1) is 22.8. The third-order valence-corrected chi connectivity index (χ3v) is 10.2. The Morgan fingerprint density at radius 2 is 1.81 bits per heavy atom. The van der Waals surface area contributed by atoms with Gasteiger partial charge in [0.05, 0.1) is 28.6 Å². The summed E-state index contributed by atoms with van der Waals surface area (Å²) in [5, 5.41) is 24.4. The summed E-state index contributed by atoms with van der Waals surface area (Å²) >= 11 is 0. The van der Waals surface area contributed by atoms with Gasteiger partial charge in [0.15, 0.2) is 0 Å². The lowest BCUT2D eigenvalue weighted by Gasteiger charge is -2.41. The molecule has 4 atom stereocenters. The van der Waals surface area contributed by atoms with Crippen LogP contribution in [0.3, 0.4) is 0 Å². The standard InChI is InChI=1S/C36H48F3N3O6/c1-4-11-28-25(12-9-23-42(28)32(44)30-27(36(37,38)39)14-8-21-40-30)31(43)41-22-20-35(47,5-2)26-13-6-7-15-29(26)48-24(3)16-19-34(33(45)46)17-10-18-34/h6-8,13-15,21,24-25,28,47H,4-5,9-12,16-20,22-23H2,1-3H3,(H,41,43)(H,45,46). The molecule has 1 aliphatic heterocycles. The number of alkyl halides is 3. The van der Waals surface area contributed by atoms with Crippen molar-refractivity contribution in [3.8, 4) is 5.75 Å². The van der Waals surface area contributed by atoms with Crippen molar-refractivity contribution in [2.24, 2.45) is 11.3 Å². The highest BCUT2D eigenvalue weighted by molar-refractivity contribution is 5.95. The summed E-state index contributed by atoms with van der Waals surface area (Å²) in [7, 11) is 0. The minimum Gasteiger partial charge on any atom is -0.490 e. The number of piperidine rings is 1. The number of likely N-dealkylation sites (tertiary alicyclic amines) is 1. The Bertz CT molecular complexity index is 1430. The molecule has 48 heavy (non-hydrogen) atoms. The van der Waals surface area contributed by atoms with Crippen LogP contribution >= 0.6 is 0 Å². The molecule has 1 aromatic heterocycles. The average Bonchev–Trinajstić information content (AvgIpc) is 3.03. The number of ether oxygens (including phenoxy) is 1. The second-order valence-electron chi connectivity index (χ2n) is 13.3. The fourth-order valence-corrected chi connectivity index (χ4v) is 7.12. The fraction of sp³-hybridized carbons (Fsp3) is 0.611. The van der Waals surface area contributed by atoms with Gasteiger partial charge in [0.2, 0.25) is 5.91 Å². The number of amides is 2. The first-order valence-corrected chi connectivity index (χ1v) is 17.1. The number of carboxylic acid groups (broad SMARTS) is 1. The Kier molecular flexibility index (Phi) is 12.1. The number of pyridine rings is 1. The molecule has 0 spiro atoms. The molecule has 3 N–H and O–H groups in total. The Morgan fingerprint density at radius 3 is 2.44 bits per heavy atom. The molecular weight excluding hydrogens is 627 g/mol. The van der Waals surface area contributed by atoms with E-state index < -0.39 is 52.3 Å². The number of aliphatic carboxylic acids is 1. The molecule has 2 amide bonds. The molecule has 2 fully saturated rings. The van der Waals surface area contributed by atoms with Crippen molar-refractivity contribution in [2.75, 3.05) is 13.1 Å². The van der Waals surface area contributed by atoms with E-state index in [1.54, 1.807) is 24.3 Å². The van der Waals surface area contributed by atoms with Crippen LogP contribution in [0.15, 0.2) is 42.6 Å². The molecule has 1 saturated heterocycles. The number of carbonyl (C=O) groups excluding carboxylic acids is 2. The predicted octanol–water partition coefficient (Wildman–Crippen LogP) is 6.73. The van der Waals surface area contributed by atoms with Gasteiger partial charge in [-0.15, -0.1) is 0 Å². The van der Waals surface area contributed by atoms with Gasteiger partial charge in [0.1, 0.15) is 11.4 Å². The summed E-state index contributed by atoms with van der Waals surface area (Å²) in [4.78, 5) is 44.0. The predicted molar refractivity (Wildman–Crippen MR) is 173 cm³/mol. The number of rotatable bonds is 15. The first-order valence-electron chi connectivity index (χ1n) is 17.1. The first kappa shape index (κ1) is 37.2. The Labute approximate surface area is 280 Å². The van der Waals surface area contributed by atoms with Crippen LogP contribution in [-0.2, 0) is 21.4 Å². The number of benzene rings is 1. The van der Waals surface area contributed by atoms with Crippen molar-refractivity contribution in [2.45, 2.75) is 115 Å². The second kappa shape index (κ2) is 15.7. The van der Waals surface area contributed by atoms with E-state index in [0.29, 0.717) is 69.1 Å². The van der Waals surface area contributed by atoms with E-state index in [2.05, 4.69) is 10.3 Å². The highest BCUT2D eigenvalue weighted by atomic mass is 19.4. The number of nitrogens with zero attached hydrogens (tertiary/aromatic N) is 2. The van der Waals surface area contributed by atoms with Crippen molar-refractivity contribution in [3.63, 3.8) is 0 Å². The van der Waals surface area contributed by atoms with Crippen LogP contribution in [-0.4, -0.2) is 63.1 Å². The molecule has 264 valence electrons. The van der Waals surface area contributed by atoms with Gasteiger partial charge >= 0.3 is 12.1 Å². The van der Waals surface area contributed by atoms with Gasteiger partial charge in [0.25, 0.3) is 5.91 Å². The SMILES string of the molecule is CCCC1C(C(=O)NCCC(O)(CC)c2ccccc2OC(C)CCC2(C(=O)O)CCC2)CCCN1C(=O)c1ncccc1C(F)(F)F. The normalized spacial score (nSPS) is 21.0. The molecule has 1 aliphatic carbocycles. The number of hydrogen-bond donors (Lipinski definition) is 3. The topological polar surface area (TPSA) is 129 Å². The van der Waals surface area contributed by atoms with E-state index in [9.17, 15) is 37.8 Å². The number of para-hydroxylation sites is 1. The summed E-state index contributed by atoms with van der Waals surface area (Å²) in [6, 6.07) is 8.55. The van der Waals surface area contributed by atoms with E-state index in [-0.39, 0.29) is 31.5 Å². The molecule has 0 radical (unpaired) electrons. The molecule has 1 saturated carbocycles. The Balaban J connectivity index is 1.42. The highest BCUT2D eigenvalue weighted by Crippen LogP contribution is 2.46. The van der Waals surface area contributed by atoms with Crippen LogP contribution < -0.4 is 10.1 Å². The quantitative estimate of drug-likeness (QED) is 0.191. The lowest BCUT2D eigenvalue weighted by molar-refractivity contribution is -0.155. The van der Waals surface area contributed by atoms with Gasteiger partial charge in [-0.3, -0.25) is 19.4 Å². The van der Waals surface area contributed by atoms with E-state index in [0.717, 1.165) is 24.8 Å². The highest BCUT2D eigenvalue weighted by Gasteiger charge is 2.45. The molecule has 1 aromatic carbocycles. The van der Waals surface area contributed by atoms with E-state index >= 15 is 0 Å². The maximum atomic E-state index is 13.7. The smallest absolute Gasteiger partial charge is 0.418 e. The van der Waals surface area contributed by atoms with Crippen molar-refractivity contribution in [1.82, 2.24) is 15.2 Å². The van der Waals surface area contributed by atoms with Gasteiger partial charge in [0, 0.05) is 30.9 Å². The van der Waals surface area contributed by atoms with Crippen molar-refractivity contribution in [1.29, 1.82) is 0 Å². The van der Waals surface area contributed by atoms with E-state index in [1.807, 2.05) is 20.8 Å². The van der Waals surface area contributed by atoms with Gasteiger partial charge in [-0.1, -0.05) is 44.9 Å². The minimum atomic E-state index is -4.75. The largest absolute Gasteiger partial charge is 0.490 e. The summed E-state index contributed by atoms with van der Waals surface area (Å²) in [5.74, 6) is -2.05. The number of nitrogens with one attached hydrogen (secondary N) is 1. The van der Waals surface area contributed by atoms with Crippen molar-refractivity contribution in [3.05, 3.63) is 59.4 Å². The lowest BCUT2D eigenvalue weighted by atomic mass is 9.66. The lowest BCUT2D eigenvalue weighted by Crippen LogP contribution is -2.53. The maximum absolute atomic E-state index is 13.7. The van der Waals surface area contributed by atoms with Gasteiger partial charge in [-0.05, 0) is 82.9 Å². The second-order valence-corrected chi connectivity index (χ2v) is 13.3.